The molecule has 6 heteroatoms. The first-order valence-electron chi connectivity index (χ1n) is 8.25. The molecule has 24 heavy (non-hydrogen) atoms. The van der Waals surface area contributed by atoms with Gasteiger partial charge in [-0.25, -0.2) is 0 Å². The number of hydrogen-bond donors (Lipinski definition) is 1. The van der Waals surface area contributed by atoms with Gasteiger partial charge in [-0.2, -0.15) is 5.10 Å². The highest BCUT2D eigenvalue weighted by molar-refractivity contribution is 5.95. The first kappa shape index (κ1) is 15.1. The molecule has 4 rings (SSSR count). The van der Waals surface area contributed by atoms with Crippen molar-refractivity contribution in [3.05, 3.63) is 35.0 Å². The summed E-state index contributed by atoms with van der Waals surface area (Å²) in [6, 6.07) is 5.97. The molecule has 0 bridgehead atoms. The Morgan fingerprint density at radius 3 is 2.71 bits per heavy atom. The Morgan fingerprint density at radius 1 is 1.25 bits per heavy atom. The van der Waals surface area contributed by atoms with Gasteiger partial charge in [0, 0.05) is 18.5 Å². The minimum Gasteiger partial charge on any atom is -0.486 e. The van der Waals surface area contributed by atoms with Crippen molar-refractivity contribution in [2.75, 3.05) is 18.5 Å². The quantitative estimate of drug-likeness (QED) is 0.941. The van der Waals surface area contributed by atoms with E-state index in [-0.39, 0.29) is 17.7 Å². The number of ether oxygens (including phenoxy) is 2. The fraction of sp³-hybridized carbons (Fsp3) is 0.444. The van der Waals surface area contributed by atoms with Gasteiger partial charge in [-0.05, 0) is 43.9 Å². The van der Waals surface area contributed by atoms with Crippen molar-refractivity contribution in [1.29, 1.82) is 0 Å². The summed E-state index contributed by atoms with van der Waals surface area (Å²) in [5.41, 5.74) is 3.09. The number of nitrogens with one attached hydrogen (secondary N) is 1. The number of amides is 1. The highest BCUT2D eigenvalue weighted by Crippen LogP contribution is 2.49. The standard InChI is InChI=1S/C18H21N3O3/c1-10-11(2)20-21(3)17(10)19-18(22)14-9-13(14)12-4-5-15-16(8-12)24-7-6-23-15/h4-5,8,13-14H,6-7,9H2,1-3H3,(H,19,22)/t13-,14+/m1/s1. The van der Waals surface area contributed by atoms with Gasteiger partial charge in [0.25, 0.3) is 0 Å². The minimum atomic E-state index is 0.00200. The highest BCUT2D eigenvalue weighted by atomic mass is 16.6. The first-order chi connectivity index (χ1) is 11.5. The number of hydrogen-bond acceptors (Lipinski definition) is 4. The van der Waals surface area contributed by atoms with Gasteiger partial charge in [-0.3, -0.25) is 9.48 Å². The molecule has 1 fully saturated rings. The van der Waals surface area contributed by atoms with Crippen molar-refractivity contribution in [3.63, 3.8) is 0 Å². The molecule has 1 aliphatic heterocycles. The van der Waals surface area contributed by atoms with Gasteiger partial charge < -0.3 is 14.8 Å². The average Bonchev–Trinajstić information content (AvgIpc) is 3.34. The van der Waals surface area contributed by atoms with Crippen LogP contribution in [0.2, 0.25) is 0 Å². The van der Waals surface area contributed by atoms with Gasteiger partial charge in [0.1, 0.15) is 19.0 Å². The van der Waals surface area contributed by atoms with E-state index in [1.165, 1.54) is 0 Å². The summed E-state index contributed by atoms with van der Waals surface area (Å²) >= 11 is 0. The first-order valence-corrected chi connectivity index (χ1v) is 8.25. The minimum absolute atomic E-state index is 0.00200. The number of benzene rings is 1. The number of carbonyl (C=O) groups is 1. The van der Waals surface area contributed by atoms with Crippen molar-refractivity contribution in [3.8, 4) is 11.5 Å². The molecule has 2 aliphatic rings. The van der Waals surface area contributed by atoms with Crippen LogP contribution >= 0.6 is 0 Å². The largest absolute Gasteiger partial charge is 0.486 e. The molecule has 2 aromatic rings. The SMILES string of the molecule is Cc1nn(C)c(NC(=O)[C@H]2C[C@@H]2c2ccc3c(c2)OCCO3)c1C. The molecule has 0 spiro atoms. The van der Waals surface area contributed by atoms with E-state index < -0.39 is 0 Å². The van der Waals surface area contributed by atoms with Crippen LogP contribution in [0, 0.1) is 19.8 Å². The fourth-order valence-corrected chi connectivity index (χ4v) is 3.29. The molecule has 1 aromatic heterocycles. The maximum absolute atomic E-state index is 12.6. The van der Waals surface area contributed by atoms with E-state index in [1.54, 1.807) is 4.68 Å². The molecule has 2 heterocycles. The Balaban J connectivity index is 1.47. The highest BCUT2D eigenvalue weighted by Gasteiger charge is 2.44. The molecule has 1 saturated carbocycles. The molecular weight excluding hydrogens is 306 g/mol. The van der Waals surface area contributed by atoms with E-state index >= 15 is 0 Å². The van der Waals surface area contributed by atoms with Crippen LogP contribution in [0.4, 0.5) is 5.82 Å². The van der Waals surface area contributed by atoms with E-state index in [0.717, 1.165) is 40.6 Å². The number of aromatic nitrogens is 2. The van der Waals surface area contributed by atoms with Crippen molar-refractivity contribution in [2.24, 2.45) is 13.0 Å². The third kappa shape index (κ3) is 2.52. The van der Waals surface area contributed by atoms with Crippen molar-refractivity contribution in [1.82, 2.24) is 9.78 Å². The van der Waals surface area contributed by atoms with Gasteiger partial charge in [0.05, 0.1) is 5.69 Å². The maximum atomic E-state index is 12.6. The summed E-state index contributed by atoms with van der Waals surface area (Å²) < 4.78 is 12.9. The summed E-state index contributed by atoms with van der Waals surface area (Å²) in [4.78, 5) is 12.6. The van der Waals surface area contributed by atoms with E-state index in [1.807, 2.05) is 39.1 Å². The number of carbonyl (C=O) groups excluding carboxylic acids is 1. The van der Waals surface area contributed by atoms with Crippen molar-refractivity contribution in [2.45, 2.75) is 26.2 Å². The molecule has 126 valence electrons. The summed E-state index contributed by atoms with van der Waals surface area (Å²) in [7, 11) is 1.85. The lowest BCUT2D eigenvalue weighted by Crippen LogP contribution is -2.18. The second-order valence-electron chi connectivity index (χ2n) is 6.52. The van der Waals surface area contributed by atoms with Gasteiger partial charge in [-0.1, -0.05) is 6.07 Å². The second kappa shape index (κ2) is 5.54. The molecule has 1 N–H and O–H groups in total. The molecule has 6 nitrogen and oxygen atoms in total. The zero-order chi connectivity index (χ0) is 16.8. The van der Waals surface area contributed by atoms with Crippen LogP contribution in [0.5, 0.6) is 11.5 Å². The third-order valence-electron chi connectivity index (χ3n) is 4.88. The monoisotopic (exact) mass is 327 g/mol. The summed E-state index contributed by atoms with van der Waals surface area (Å²) in [6.07, 6.45) is 0.862. The van der Waals surface area contributed by atoms with Crippen molar-refractivity contribution >= 4 is 11.7 Å². The van der Waals surface area contributed by atoms with E-state index in [2.05, 4.69) is 10.4 Å². The summed E-state index contributed by atoms with van der Waals surface area (Å²) in [6.45, 7) is 5.08. The van der Waals surface area contributed by atoms with Crippen LogP contribution in [0.3, 0.4) is 0 Å². The average molecular weight is 327 g/mol. The second-order valence-corrected chi connectivity index (χ2v) is 6.52. The molecule has 1 amide bonds. The Kier molecular flexibility index (Phi) is 3.48. The van der Waals surface area contributed by atoms with Crippen LogP contribution in [-0.4, -0.2) is 28.9 Å². The van der Waals surface area contributed by atoms with E-state index in [0.29, 0.717) is 13.2 Å². The lowest BCUT2D eigenvalue weighted by molar-refractivity contribution is -0.117. The molecule has 1 aliphatic carbocycles. The Hall–Kier alpha value is -2.50. The van der Waals surface area contributed by atoms with Gasteiger partial charge in [0.2, 0.25) is 5.91 Å². The van der Waals surface area contributed by atoms with E-state index in [9.17, 15) is 4.79 Å². The predicted molar refractivity (Wildman–Crippen MR) is 89.6 cm³/mol. The predicted octanol–water partition coefficient (Wildman–Crippen LogP) is 2.55. The van der Waals surface area contributed by atoms with Crippen LogP contribution < -0.4 is 14.8 Å². The Labute approximate surface area is 140 Å². The Morgan fingerprint density at radius 2 is 2.00 bits per heavy atom. The molecule has 2 atom stereocenters. The smallest absolute Gasteiger partial charge is 0.229 e. The third-order valence-corrected chi connectivity index (χ3v) is 4.88. The number of nitrogens with zero attached hydrogens (tertiary/aromatic N) is 2. The Bertz CT molecular complexity index is 812. The topological polar surface area (TPSA) is 65.4 Å². The fourth-order valence-electron chi connectivity index (χ4n) is 3.29. The lowest BCUT2D eigenvalue weighted by atomic mass is 10.1. The van der Waals surface area contributed by atoms with Gasteiger partial charge in [-0.15, -0.1) is 0 Å². The maximum Gasteiger partial charge on any atom is 0.229 e. The molecule has 0 unspecified atom stereocenters. The molecular formula is C18H21N3O3. The van der Waals surface area contributed by atoms with Crippen LogP contribution in [-0.2, 0) is 11.8 Å². The van der Waals surface area contributed by atoms with Gasteiger partial charge in [0.15, 0.2) is 11.5 Å². The number of rotatable bonds is 3. The van der Waals surface area contributed by atoms with Gasteiger partial charge >= 0.3 is 0 Å². The van der Waals surface area contributed by atoms with Crippen molar-refractivity contribution < 1.29 is 14.3 Å². The zero-order valence-electron chi connectivity index (χ0n) is 14.1. The molecule has 1 aromatic carbocycles. The lowest BCUT2D eigenvalue weighted by Gasteiger charge is -2.18. The van der Waals surface area contributed by atoms with Crippen LogP contribution in [0.25, 0.3) is 0 Å². The van der Waals surface area contributed by atoms with Crippen LogP contribution in [0.15, 0.2) is 18.2 Å². The zero-order valence-corrected chi connectivity index (χ0v) is 14.1. The number of fused-ring (bicyclic) bond motifs is 1. The molecule has 0 radical (unpaired) electrons. The normalized spacial score (nSPS) is 21.5. The van der Waals surface area contributed by atoms with Crippen LogP contribution in [0.1, 0.15) is 29.2 Å². The number of aryl methyl sites for hydroxylation is 2. The molecule has 0 saturated heterocycles. The number of anilines is 1. The summed E-state index contributed by atoms with van der Waals surface area (Å²) in [5, 5.41) is 7.37. The van der Waals surface area contributed by atoms with E-state index in [4.69, 9.17) is 9.47 Å². The summed E-state index contributed by atoms with van der Waals surface area (Å²) in [5.74, 6) is 2.65.